The molecule has 7 nitrogen and oxygen atoms in total. The molecule has 0 spiro atoms. The van der Waals surface area contributed by atoms with Crippen molar-refractivity contribution in [3.05, 3.63) is 70.8 Å². The van der Waals surface area contributed by atoms with E-state index in [0.717, 1.165) is 24.0 Å². The molecule has 2 aromatic carbocycles. The summed E-state index contributed by atoms with van der Waals surface area (Å²) in [5.41, 5.74) is 3.28. The van der Waals surface area contributed by atoms with Crippen molar-refractivity contribution < 1.29 is 9.21 Å². The number of aromatic nitrogens is 2. The smallest absolute Gasteiger partial charge is 0.297 e. The Balaban J connectivity index is 1.35. The fraction of sp³-hybridized carbons (Fsp3) is 0.320. The molecule has 1 fully saturated rings. The number of furan rings is 1. The number of likely N-dealkylation sites (N-methyl/N-ethyl adjacent to an activating group) is 1. The Hall–Kier alpha value is -3.61. The minimum absolute atomic E-state index is 0.0821. The molecule has 0 N–H and O–H groups in total. The van der Waals surface area contributed by atoms with E-state index in [1.165, 1.54) is 35.8 Å². The lowest BCUT2D eigenvalue weighted by Gasteiger charge is -2.31. The third kappa shape index (κ3) is 3.75. The van der Waals surface area contributed by atoms with Crippen molar-refractivity contribution in [1.82, 2.24) is 14.5 Å². The van der Waals surface area contributed by atoms with Crippen molar-refractivity contribution in [3.63, 3.8) is 0 Å². The van der Waals surface area contributed by atoms with E-state index in [1.54, 1.807) is 18.0 Å². The summed E-state index contributed by atoms with van der Waals surface area (Å²) in [6.45, 7) is 2.50. The summed E-state index contributed by atoms with van der Waals surface area (Å²) in [7, 11) is 1.77. The number of carbonyl (C=O) groups is 1. The first-order chi connectivity index (χ1) is 15.6. The van der Waals surface area contributed by atoms with Crippen molar-refractivity contribution >= 4 is 33.7 Å². The topological polar surface area (TPSA) is 71.6 Å². The molecule has 0 atom stereocenters. The van der Waals surface area contributed by atoms with Gasteiger partial charge in [0.15, 0.2) is 0 Å². The van der Waals surface area contributed by atoms with Crippen LogP contribution >= 0.6 is 0 Å². The summed E-state index contributed by atoms with van der Waals surface area (Å²) in [6, 6.07) is 15.7. The molecular weight excluding hydrogens is 404 g/mol. The largest absolute Gasteiger partial charge is 0.448 e. The van der Waals surface area contributed by atoms with Crippen molar-refractivity contribution in [2.45, 2.75) is 32.4 Å². The standard InChI is InChI=1S/C25H26N4O3/c1-27(15-18-9-3-5-11-20(18)28-13-7-2-8-14-28)22(30)16-29-17-26-23-19-10-4-6-12-21(19)32-24(23)25(29)31/h3-6,9-12,17H,2,7-8,13-16H2,1H3. The first-order valence-corrected chi connectivity index (χ1v) is 11.1. The van der Waals surface area contributed by atoms with Crippen molar-refractivity contribution in [1.29, 1.82) is 0 Å². The third-order valence-corrected chi connectivity index (χ3v) is 6.18. The minimum Gasteiger partial charge on any atom is -0.448 e. The molecule has 1 aliphatic rings. The predicted octanol–water partition coefficient (Wildman–Crippen LogP) is 3.79. The van der Waals surface area contributed by atoms with Gasteiger partial charge in [0.1, 0.15) is 17.6 Å². The number of para-hydroxylation sites is 2. The van der Waals surface area contributed by atoms with Gasteiger partial charge in [0.05, 0.1) is 6.33 Å². The summed E-state index contributed by atoms with van der Waals surface area (Å²) in [5.74, 6) is -0.155. The number of hydrogen-bond acceptors (Lipinski definition) is 5. The molecule has 4 aromatic rings. The van der Waals surface area contributed by atoms with Crippen molar-refractivity contribution in [2.24, 2.45) is 0 Å². The molecule has 7 heteroatoms. The average molecular weight is 431 g/mol. The van der Waals surface area contributed by atoms with E-state index >= 15 is 0 Å². The van der Waals surface area contributed by atoms with E-state index in [9.17, 15) is 9.59 Å². The van der Waals surface area contributed by atoms with Crippen LogP contribution in [0.4, 0.5) is 5.69 Å². The van der Waals surface area contributed by atoms with Crippen LogP contribution in [0.3, 0.4) is 0 Å². The SMILES string of the molecule is CN(Cc1ccccc1N1CCCCC1)C(=O)Cn1cnc2c(oc3ccccc32)c1=O. The maximum Gasteiger partial charge on any atom is 0.297 e. The van der Waals surface area contributed by atoms with Gasteiger partial charge in [-0.3, -0.25) is 14.2 Å². The quantitative estimate of drug-likeness (QED) is 0.482. The fourth-order valence-electron chi connectivity index (χ4n) is 4.43. The highest BCUT2D eigenvalue weighted by Gasteiger charge is 2.19. The Morgan fingerprint density at radius 2 is 1.81 bits per heavy atom. The van der Waals surface area contributed by atoms with Gasteiger partial charge < -0.3 is 14.2 Å². The normalized spacial score (nSPS) is 14.2. The maximum absolute atomic E-state index is 13.0. The number of carbonyl (C=O) groups excluding carboxylic acids is 1. The number of hydrogen-bond donors (Lipinski definition) is 0. The molecule has 164 valence electrons. The number of piperidine rings is 1. The van der Waals surface area contributed by atoms with E-state index in [1.807, 2.05) is 30.3 Å². The zero-order chi connectivity index (χ0) is 22.1. The number of amides is 1. The van der Waals surface area contributed by atoms with Crippen LogP contribution in [0.1, 0.15) is 24.8 Å². The number of fused-ring (bicyclic) bond motifs is 3. The lowest BCUT2D eigenvalue weighted by molar-refractivity contribution is -0.131. The van der Waals surface area contributed by atoms with Gasteiger partial charge in [-0.15, -0.1) is 0 Å². The Morgan fingerprint density at radius 3 is 2.66 bits per heavy atom. The number of rotatable bonds is 5. The molecule has 3 heterocycles. The number of nitrogens with zero attached hydrogens (tertiary/aromatic N) is 4. The van der Waals surface area contributed by atoms with Crippen LogP contribution in [0.2, 0.25) is 0 Å². The first-order valence-electron chi connectivity index (χ1n) is 11.1. The second-order valence-electron chi connectivity index (χ2n) is 8.38. The molecular formula is C25H26N4O3. The molecule has 1 saturated heterocycles. The molecule has 5 rings (SSSR count). The van der Waals surface area contributed by atoms with E-state index in [0.29, 0.717) is 17.6 Å². The first kappa shape index (κ1) is 20.3. The van der Waals surface area contributed by atoms with Crippen LogP contribution in [0.15, 0.2) is 64.1 Å². The molecule has 1 aliphatic heterocycles. The van der Waals surface area contributed by atoms with Crippen molar-refractivity contribution in [2.75, 3.05) is 25.0 Å². The molecule has 0 radical (unpaired) electrons. The molecule has 0 aliphatic carbocycles. The average Bonchev–Trinajstić information content (AvgIpc) is 3.21. The summed E-state index contributed by atoms with van der Waals surface area (Å²) in [4.78, 5) is 34.3. The highest BCUT2D eigenvalue weighted by molar-refractivity contribution is 6.01. The van der Waals surface area contributed by atoms with Gasteiger partial charge >= 0.3 is 0 Å². The van der Waals surface area contributed by atoms with Gasteiger partial charge in [-0.1, -0.05) is 30.3 Å². The lowest BCUT2D eigenvalue weighted by atomic mass is 10.1. The van der Waals surface area contributed by atoms with Gasteiger partial charge in [-0.05, 0) is 43.0 Å². The van der Waals surface area contributed by atoms with Crippen LogP contribution < -0.4 is 10.5 Å². The zero-order valence-electron chi connectivity index (χ0n) is 18.2. The monoisotopic (exact) mass is 430 g/mol. The zero-order valence-corrected chi connectivity index (χ0v) is 18.2. The van der Waals surface area contributed by atoms with Crippen LogP contribution in [-0.4, -0.2) is 40.5 Å². The minimum atomic E-state index is -0.346. The summed E-state index contributed by atoms with van der Waals surface area (Å²) in [6.07, 6.45) is 5.10. The Labute approximate surface area is 185 Å². The fourth-order valence-corrected chi connectivity index (χ4v) is 4.43. The lowest BCUT2D eigenvalue weighted by Crippen LogP contribution is -2.35. The van der Waals surface area contributed by atoms with Crippen molar-refractivity contribution in [3.8, 4) is 0 Å². The highest BCUT2D eigenvalue weighted by atomic mass is 16.3. The second-order valence-corrected chi connectivity index (χ2v) is 8.38. The summed E-state index contributed by atoms with van der Waals surface area (Å²) < 4.78 is 7.04. The summed E-state index contributed by atoms with van der Waals surface area (Å²) >= 11 is 0. The summed E-state index contributed by atoms with van der Waals surface area (Å²) in [5, 5.41) is 0.796. The molecule has 0 saturated carbocycles. The van der Waals surface area contributed by atoms with Crippen LogP contribution in [-0.2, 0) is 17.9 Å². The maximum atomic E-state index is 13.0. The molecule has 0 bridgehead atoms. The van der Waals surface area contributed by atoms with Gasteiger partial charge in [0.25, 0.3) is 5.56 Å². The number of benzene rings is 2. The molecule has 32 heavy (non-hydrogen) atoms. The molecule has 2 aromatic heterocycles. The Kier molecular flexibility index (Phi) is 5.39. The third-order valence-electron chi connectivity index (χ3n) is 6.18. The highest BCUT2D eigenvalue weighted by Crippen LogP contribution is 2.26. The Morgan fingerprint density at radius 1 is 1.06 bits per heavy atom. The van der Waals surface area contributed by atoms with Gasteiger partial charge in [-0.25, -0.2) is 4.98 Å². The van der Waals surface area contributed by atoms with Gasteiger partial charge in [-0.2, -0.15) is 0 Å². The van der Waals surface area contributed by atoms with Crippen LogP contribution in [0.5, 0.6) is 0 Å². The second kappa shape index (κ2) is 8.49. The van der Waals surface area contributed by atoms with Gasteiger partial charge in [0, 0.05) is 37.8 Å². The van der Waals surface area contributed by atoms with E-state index in [2.05, 4.69) is 22.0 Å². The van der Waals surface area contributed by atoms with Crippen LogP contribution in [0, 0.1) is 0 Å². The number of anilines is 1. The molecule has 0 unspecified atom stereocenters. The Bertz CT molecular complexity index is 1330. The van der Waals surface area contributed by atoms with E-state index in [-0.39, 0.29) is 23.6 Å². The predicted molar refractivity (Wildman–Crippen MR) is 125 cm³/mol. The van der Waals surface area contributed by atoms with E-state index in [4.69, 9.17) is 4.42 Å². The molecule has 1 amide bonds. The van der Waals surface area contributed by atoms with Gasteiger partial charge in [0.2, 0.25) is 11.5 Å². The van der Waals surface area contributed by atoms with E-state index < -0.39 is 0 Å². The van der Waals surface area contributed by atoms with Crippen LogP contribution in [0.25, 0.3) is 22.1 Å².